The molecule has 2 fully saturated rings. The molecule has 0 heterocycles. The molecule has 3 atom stereocenters. The molecule has 2 bridgehead atoms. The van der Waals surface area contributed by atoms with Crippen LogP contribution in [0.25, 0.3) is 0 Å². The fourth-order valence-electron chi connectivity index (χ4n) is 4.63. The van der Waals surface area contributed by atoms with Gasteiger partial charge in [0.1, 0.15) is 0 Å². The number of rotatable bonds is 2. The van der Waals surface area contributed by atoms with Crippen molar-refractivity contribution in [1.29, 1.82) is 0 Å². The maximum absolute atomic E-state index is 10.5. The maximum atomic E-state index is 10.5. The normalized spacial score (nSPS) is 42.6. The van der Waals surface area contributed by atoms with Crippen LogP contribution in [0.1, 0.15) is 47.5 Å². The van der Waals surface area contributed by atoms with Crippen molar-refractivity contribution in [1.82, 2.24) is 0 Å². The molecule has 0 aromatic rings. The van der Waals surface area contributed by atoms with Gasteiger partial charge in [-0.25, -0.2) is 0 Å². The maximum Gasteiger partial charge on any atom is 0.0712 e. The monoisotopic (exact) mass is 476 g/mol. The summed E-state index contributed by atoms with van der Waals surface area (Å²) in [4.78, 5) is 10.5. The average molecular weight is 476 g/mol. The van der Waals surface area contributed by atoms with E-state index in [1.54, 1.807) is 6.47 Å². The number of fused-ring (bicyclic) bond motifs is 2. The molecule has 0 saturated heterocycles. The summed E-state index contributed by atoms with van der Waals surface area (Å²) in [5.41, 5.74) is 0.477. The zero-order chi connectivity index (χ0) is 11.5. The van der Waals surface area contributed by atoms with Crippen LogP contribution in [0.3, 0.4) is 0 Å². The smallest absolute Gasteiger partial charge is 0.0712 e. The first-order valence-electron chi connectivity index (χ1n) is 5.81. The summed E-state index contributed by atoms with van der Waals surface area (Å²) in [6.45, 7) is 13.0. The van der Waals surface area contributed by atoms with Gasteiger partial charge in [-0.2, -0.15) is 0 Å². The molecule has 0 spiro atoms. The Labute approximate surface area is 92.4 Å². The third kappa shape index (κ3) is 1.00. The first kappa shape index (κ1) is 12.5. The Kier molecular flexibility index (Phi) is 2.34. The Morgan fingerprint density at radius 3 is 2.12 bits per heavy atom. The van der Waals surface area contributed by atoms with Crippen molar-refractivity contribution >= 4 is 6.47 Å². The molecule has 0 radical (unpaired) electrons. The quantitative estimate of drug-likeness (QED) is 0.574. The van der Waals surface area contributed by atoms with Crippen molar-refractivity contribution in [3.8, 4) is 0 Å². The van der Waals surface area contributed by atoms with Gasteiger partial charge in [-0.1, -0.05) is 41.1 Å². The first-order chi connectivity index (χ1) is 6.78. The van der Waals surface area contributed by atoms with Gasteiger partial charge >= 0.3 is 0 Å². The standard InChI is InChI=1S/C13H21O2.Rf/c1-11(2)9-6-7-13(5,12(9,3)4)10(11)15-8-14;/h9-10H,6-7H2,1-5H3;/q-1;. The summed E-state index contributed by atoms with van der Waals surface area (Å²) in [5, 5.41) is 0. The van der Waals surface area contributed by atoms with Gasteiger partial charge in [0, 0.05) is 10.8 Å². The van der Waals surface area contributed by atoms with E-state index in [-0.39, 0.29) is 22.3 Å². The fraction of sp³-hybridized carbons (Fsp3) is 0.923. The molecule has 2 aliphatic rings. The Hall–Kier alpha value is -1.53. The molecule has 2 aliphatic carbocycles. The molecular weight excluding hydrogens is 455 g/mol. The number of hydrogen-bond acceptors (Lipinski definition) is 2. The Balaban J connectivity index is 0.00000128. The summed E-state index contributed by atoms with van der Waals surface area (Å²) in [7, 11) is 0. The van der Waals surface area contributed by atoms with E-state index in [4.69, 9.17) is 4.74 Å². The molecule has 0 aliphatic heterocycles. The first-order valence-corrected chi connectivity index (χ1v) is 5.81. The Morgan fingerprint density at radius 2 is 1.75 bits per heavy atom. The molecule has 2 nitrogen and oxygen atoms in total. The van der Waals surface area contributed by atoms with Gasteiger partial charge in [0.2, 0.25) is 0 Å². The SMILES string of the molecule is CC1(C)C2CCC(C)(C1O[C-]=O)C2(C)C.[Rf]. The third-order valence-corrected chi connectivity index (χ3v) is 5.61. The molecule has 3 heteroatoms. The van der Waals surface area contributed by atoms with E-state index in [1.165, 1.54) is 12.8 Å². The molecule has 2 saturated carbocycles. The molecule has 2 rings (SSSR count). The van der Waals surface area contributed by atoms with Gasteiger partial charge in [0.05, 0.1) is 6.10 Å². The van der Waals surface area contributed by atoms with E-state index in [2.05, 4.69) is 34.6 Å². The molecule has 0 N–H and O–H groups in total. The van der Waals surface area contributed by atoms with E-state index in [0.717, 1.165) is 0 Å². The van der Waals surface area contributed by atoms with Gasteiger partial charge in [-0.3, -0.25) is 0 Å². The van der Waals surface area contributed by atoms with Crippen LogP contribution in [-0.2, 0) is 9.53 Å². The van der Waals surface area contributed by atoms with Crippen LogP contribution in [0, 0.1) is 22.2 Å². The van der Waals surface area contributed by atoms with E-state index in [0.29, 0.717) is 5.92 Å². The minimum Gasteiger partial charge on any atom is -0.650 e. The van der Waals surface area contributed by atoms with Crippen LogP contribution < -0.4 is 0 Å². The molecule has 88 valence electrons. The van der Waals surface area contributed by atoms with Crippen molar-refractivity contribution in [2.75, 3.05) is 0 Å². The average Bonchev–Trinajstić information content (AvgIpc) is 2.38. The van der Waals surface area contributed by atoms with Gasteiger partial charge in [-0.15, -0.1) is 0 Å². The minimum absolute atomic E-state index is 0. The second-order valence-electron chi connectivity index (χ2n) is 6.63. The number of carbonyl (C=O) groups excluding carboxylic acids is 1. The predicted molar refractivity (Wildman–Crippen MR) is 59.0 cm³/mol. The predicted octanol–water partition coefficient (Wildman–Crippen LogP) is 2.92. The van der Waals surface area contributed by atoms with Crippen molar-refractivity contribution in [2.45, 2.75) is 53.6 Å². The second-order valence-corrected chi connectivity index (χ2v) is 6.63. The molecule has 16 heavy (non-hydrogen) atoms. The summed E-state index contributed by atoms with van der Waals surface area (Å²) in [6.07, 6.45) is 2.45. The zero-order valence-electron chi connectivity index (χ0n) is 11.1. The van der Waals surface area contributed by atoms with Crippen molar-refractivity contribution in [3.05, 3.63) is 0 Å². The van der Waals surface area contributed by atoms with Crippen molar-refractivity contribution < 1.29 is 9.53 Å². The summed E-state index contributed by atoms with van der Waals surface area (Å²) < 4.78 is 5.29. The third-order valence-electron chi connectivity index (χ3n) is 5.61. The molecule has 0 amide bonds. The van der Waals surface area contributed by atoms with Crippen molar-refractivity contribution in [3.63, 3.8) is 0 Å². The van der Waals surface area contributed by atoms with Gasteiger partial charge in [0.15, 0.2) is 0 Å². The van der Waals surface area contributed by atoms with Crippen LogP contribution in [0.2, 0.25) is 0 Å². The molecule has 0 aromatic heterocycles. The molecule has 3 unspecified atom stereocenters. The van der Waals surface area contributed by atoms with Crippen molar-refractivity contribution in [2.24, 2.45) is 22.2 Å². The fourth-order valence-corrected chi connectivity index (χ4v) is 4.63. The second kappa shape index (κ2) is 2.99. The zero-order valence-corrected chi connectivity index (χ0v) is 17.5. The Morgan fingerprint density at radius 1 is 1.19 bits per heavy atom. The van der Waals surface area contributed by atoms with Crippen LogP contribution in [0.4, 0.5) is 0 Å². The molecule has 0 aromatic carbocycles. The van der Waals surface area contributed by atoms with Gasteiger partial charge in [-0.05, 0) is 24.2 Å². The van der Waals surface area contributed by atoms with Crippen LogP contribution in [0.15, 0.2) is 0 Å². The summed E-state index contributed by atoms with van der Waals surface area (Å²) in [5.74, 6) is 0.647. The number of hydrogen-bond donors (Lipinski definition) is 0. The summed E-state index contributed by atoms with van der Waals surface area (Å²) in [6, 6.07) is 0. The van der Waals surface area contributed by atoms with Crippen LogP contribution in [-0.4, -0.2) is 12.6 Å². The molecular formula is C13H21O2Rf-. The van der Waals surface area contributed by atoms with E-state index in [1.807, 2.05) is 0 Å². The van der Waals surface area contributed by atoms with Crippen LogP contribution in [0.5, 0.6) is 0 Å². The topological polar surface area (TPSA) is 26.3 Å². The van der Waals surface area contributed by atoms with Gasteiger partial charge < -0.3 is 9.53 Å². The van der Waals surface area contributed by atoms with E-state index in [9.17, 15) is 4.79 Å². The van der Waals surface area contributed by atoms with E-state index < -0.39 is 0 Å². The Bertz CT molecular complexity index is 298. The minimum atomic E-state index is 0. The largest absolute Gasteiger partial charge is 0.650 e. The van der Waals surface area contributed by atoms with Crippen LogP contribution >= 0.6 is 0 Å². The van der Waals surface area contributed by atoms with E-state index >= 15 is 0 Å². The van der Waals surface area contributed by atoms with Gasteiger partial charge in [0.25, 0.3) is 0 Å². The summed E-state index contributed by atoms with van der Waals surface area (Å²) >= 11 is 0. The number of ether oxygens (including phenoxy) is 1.